The van der Waals surface area contributed by atoms with Gasteiger partial charge in [-0.25, -0.2) is 0 Å². The average molecular weight is 787 g/mol. The van der Waals surface area contributed by atoms with Gasteiger partial charge >= 0.3 is 0 Å². The van der Waals surface area contributed by atoms with Crippen LogP contribution in [0, 0.1) is 24.7 Å². The van der Waals surface area contributed by atoms with E-state index in [0.29, 0.717) is 12.0 Å². The summed E-state index contributed by atoms with van der Waals surface area (Å²) in [6.07, 6.45) is 26.2. The molecule has 0 spiro atoms. The van der Waals surface area contributed by atoms with Gasteiger partial charge in [-0.05, 0) is 111 Å². The van der Waals surface area contributed by atoms with E-state index in [1.165, 1.54) is 103 Å². The highest BCUT2D eigenvalue weighted by molar-refractivity contribution is 5.80. The number of likely N-dealkylation sites (N-methyl/N-ethyl adjacent to an activating group) is 1. The molecule has 3 atom stereocenters. The summed E-state index contributed by atoms with van der Waals surface area (Å²) in [7, 11) is 8.52. The Morgan fingerprint density at radius 3 is 2.09 bits per heavy atom. The molecule has 0 saturated heterocycles. The molecule has 4 heteroatoms. The first kappa shape index (κ1) is 52.0. The first-order valence-corrected chi connectivity index (χ1v) is 23.2. The standard InChI is InChI=1S/C35H52N3O.C9H20.C5H10.C4H10/c1-12-25(3)27(5)22-30(23-28(6)35-29(7)38(9,10)20-19-33(35)39-11)26(4)15-13-14-16-34-36-31-18-17-24(2)21-32(31)37(34)8;1-5-6-7-9(4)8(2)3;1-2-4-5-3-1;1-3-4-2/h16-18,21-23,25,29,36H,4,6,12-15,19-20H2,1-3,5,7-11H3;8-9H,5-7H2,1-4H3;1-5H2;3-4H2,1-2H3/q+1;;;/b27-22-,30-23+,34-16-;;;. The van der Waals surface area contributed by atoms with Gasteiger partial charge < -0.3 is 19.4 Å². The topological polar surface area (TPSA) is 24.5 Å². The fraction of sp³-hybridized carbons (Fsp3) is 0.660. The number of quaternary nitrogens is 1. The molecule has 1 N–H and O–H groups in total. The van der Waals surface area contributed by atoms with Crippen LogP contribution in [-0.4, -0.2) is 45.3 Å². The minimum atomic E-state index is 0.321. The van der Waals surface area contributed by atoms with Crippen molar-refractivity contribution < 1.29 is 9.22 Å². The van der Waals surface area contributed by atoms with Crippen LogP contribution in [0.2, 0.25) is 0 Å². The second-order valence-electron chi connectivity index (χ2n) is 18.2. The molecule has 2 aliphatic heterocycles. The molecule has 0 amide bonds. The number of rotatable bonds is 16. The summed E-state index contributed by atoms with van der Waals surface area (Å²) < 4.78 is 6.80. The van der Waals surface area contributed by atoms with Crippen LogP contribution >= 0.6 is 0 Å². The molecule has 324 valence electrons. The largest absolute Gasteiger partial charge is 0.500 e. The first-order chi connectivity index (χ1) is 27.0. The second kappa shape index (κ2) is 27.7. The molecule has 57 heavy (non-hydrogen) atoms. The Bertz CT molecular complexity index is 1460. The monoisotopic (exact) mass is 787 g/mol. The van der Waals surface area contributed by atoms with Gasteiger partial charge in [0.2, 0.25) is 0 Å². The van der Waals surface area contributed by atoms with Crippen LogP contribution in [-0.2, 0) is 4.74 Å². The molecule has 0 bridgehead atoms. The van der Waals surface area contributed by atoms with E-state index in [1.54, 1.807) is 7.11 Å². The molecule has 0 aromatic heterocycles. The zero-order chi connectivity index (χ0) is 43.1. The van der Waals surface area contributed by atoms with Gasteiger partial charge in [0.25, 0.3) is 0 Å². The molecule has 1 saturated carbocycles. The van der Waals surface area contributed by atoms with E-state index in [2.05, 4.69) is 157 Å². The van der Waals surface area contributed by atoms with Crippen molar-refractivity contribution in [2.45, 2.75) is 179 Å². The maximum atomic E-state index is 5.86. The quantitative estimate of drug-likeness (QED) is 0.103. The van der Waals surface area contributed by atoms with Crippen LogP contribution in [0.15, 0.2) is 89.0 Å². The molecule has 2 heterocycles. The minimum absolute atomic E-state index is 0.321. The Labute approximate surface area is 355 Å². The fourth-order valence-electron chi connectivity index (χ4n) is 7.19. The summed E-state index contributed by atoms with van der Waals surface area (Å²) in [6, 6.07) is 6.88. The van der Waals surface area contributed by atoms with E-state index >= 15 is 0 Å². The summed E-state index contributed by atoms with van der Waals surface area (Å²) in [4.78, 5) is 2.25. The van der Waals surface area contributed by atoms with E-state index < -0.39 is 0 Å². The van der Waals surface area contributed by atoms with Crippen molar-refractivity contribution >= 4 is 11.4 Å². The van der Waals surface area contributed by atoms with Gasteiger partial charge in [-0.1, -0.05) is 150 Å². The molecule has 1 fully saturated rings. The third-order valence-electron chi connectivity index (χ3n) is 12.8. The van der Waals surface area contributed by atoms with E-state index in [-0.39, 0.29) is 0 Å². The summed E-state index contributed by atoms with van der Waals surface area (Å²) in [5, 5.41) is 3.56. The number of hydrogen-bond acceptors (Lipinski definition) is 3. The minimum Gasteiger partial charge on any atom is -0.500 e. The highest BCUT2D eigenvalue weighted by Gasteiger charge is 2.36. The number of ether oxygens (including phenoxy) is 1. The maximum absolute atomic E-state index is 5.86. The number of allylic oxidation sites excluding steroid dienone is 6. The van der Waals surface area contributed by atoms with E-state index in [4.69, 9.17) is 4.74 Å². The Hall–Kier alpha value is -2.98. The third kappa shape index (κ3) is 18.2. The number of unbranched alkanes of at least 4 members (excludes halogenated alkanes) is 3. The average Bonchev–Trinajstić information content (AvgIpc) is 3.88. The van der Waals surface area contributed by atoms with E-state index in [1.807, 2.05) is 0 Å². The number of anilines is 2. The fourth-order valence-corrected chi connectivity index (χ4v) is 7.19. The SMILES string of the molecule is C1CCCC1.C=C(/C=C(\C=C(\C)C(C)CC)C(=C)CCC/C=C1/Nc2ccc(C)cc2N1C)C1=C(OC)CC[N+](C)(C)C1C.CCCC.CCCCC(C)C(C)C. The van der Waals surface area contributed by atoms with Crippen LogP contribution < -0.4 is 10.2 Å². The van der Waals surface area contributed by atoms with Crippen molar-refractivity contribution in [3.63, 3.8) is 0 Å². The maximum Gasteiger partial charge on any atom is 0.115 e. The van der Waals surface area contributed by atoms with Gasteiger partial charge in [0, 0.05) is 7.05 Å². The van der Waals surface area contributed by atoms with Gasteiger partial charge in [-0.15, -0.1) is 0 Å². The van der Waals surface area contributed by atoms with Crippen molar-refractivity contribution in [3.8, 4) is 0 Å². The lowest BCUT2D eigenvalue weighted by Gasteiger charge is -2.42. The number of hydrogen-bond donors (Lipinski definition) is 1. The Morgan fingerprint density at radius 2 is 1.56 bits per heavy atom. The number of benzene rings is 1. The Kier molecular flexibility index (Phi) is 25.3. The van der Waals surface area contributed by atoms with Gasteiger partial charge in [0.15, 0.2) is 0 Å². The molecule has 0 radical (unpaired) electrons. The molecular formula is C53H92N3O+. The molecule has 3 unspecified atom stereocenters. The molecule has 1 aromatic carbocycles. The second-order valence-corrected chi connectivity index (χ2v) is 18.2. The van der Waals surface area contributed by atoms with E-state index in [9.17, 15) is 0 Å². The van der Waals surface area contributed by atoms with Gasteiger partial charge in [0.1, 0.15) is 17.6 Å². The lowest BCUT2D eigenvalue weighted by Crippen LogP contribution is -2.51. The number of nitrogens with one attached hydrogen (secondary N) is 1. The summed E-state index contributed by atoms with van der Waals surface area (Å²) >= 11 is 0. The van der Waals surface area contributed by atoms with Crippen molar-refractivity contribution in [1.29, 1.82) is 0 Å². The summed E-state index contributed by atoms with van der Waals surface area (Å²) in [6.45, 7) is 35.0. The molecule has 4 rings (SSSR count). The van der Waals surface area contributed by atoms with Crippen LogP contribution in [0.25, 0.3) is 0 Å². The van der Waals surface area contributed by atoms with Crippen molar-refractivity contribution in [3.05, 3.63) is 94.6 Å². The lowest BCUT2D eigenvalue weighted by atomic mass is 9.88. The molecular weight excluding hydrogens is 695 g/mol. The number of fused-ring (bicyclic) bond motifs is 1. The first-order valence-electron chi connectivity index (χ1n) is 23.2. The summed E-state index contributed by atoms with van der Waals surface area (Å²) in [5.74, 6) is 4.56. The van der Waals surface area contributed by atoms with Crippen LogP contribution in [0.3, 0.4) is 0 Å². The highest BCUT2D eigenvalue weighted by atomic mass is 16.5. The zero-order valence-corrected chi connectivity index (χ0v) is 40.3. The molecule has 1 aliphatic carbocycles. The van der Waals surface area contributed by atoms with Crippen LogP contribution in [0.4, 0.5) is 11.4 Å². The van der Waals surface area contributed by atoms with Gasteiger partial charge in [-0.3, -0.25) is 0 Å². The van der Waals surface area contributed by atoms with E-state index in [0.717, 1.165) is 72.1 Å². The molecule has 4 nitrogen and oxygen atoms in total. The number of methoxy groups -OCH3 is 1. The zero-order valence-electron chi connectivity index (χ0n) is 40.3. The van der Waals surface area contributed by atoms with Crippen molar-refractivity contribution in [2.24, 2.45) is 17.8 Å². The number of nitrogens with zero attached hydrogens (tertiary/aromatic N) is 2. The normalized spacial score (nSPS) is 19.3. The smallest absolute Gasteiger partial charge is 0.115 e. The molecule has 1 aromatic rings. The van der Waals surface area contributed by atoms with Gasteiger partial charge in [0.05, 0.1) is 51.1 Å². The molecule has 3 aliphatic rings. The summed E-state index contributed by atoms with van der Waals surface area (Å²) in [5.41, 5.74) is 9.72. The Balaban J connectivity index is 0.000000740. The van der Waals surface area contributed by atoms with Crippen molar-refractivity contribution in [2.75, 3.05) is 45.0 Å². The number of aryl methyl sites for hydroxylation is 1. The third-order valence-corrected chi connectivity index (χ3v) is 12.8. The predicted molar refractivity (Wildman–Crippen MR) is 257 cm³/mol. The predicted octanol–water partition coefficient (Wildman–Crippen LogP) is 15.9. The van der Waals surface area contributed by atoms with Crippen LogP contribution in [0.1, 0.15) is 171 Å². The highest BCUT2D eigenvalue weighted by Crippen LogP contribution is 2.37. The van der Waals surface area contributed by atoms with Crippen molar-refractivity contribution in [1.82, 2.24) is 0 Å². The lowest BCUT2D eigenvalue weighted by molar-refractivity contribution is -0.909. The van der Waals surface area contributed by atoms with Gasteiger partial charge in [-0.2, -0.15) is 0 Å². The van der Waals surface area contributed by atoms with Crippen LogP contribution in [0.5, 0.6) is 0 Å². The Morgan fingerprint density at radius 1 is 0.947 bits per heavy atom.